The van der Waals surface area contributed by atoms with Crippen molar-refractivity contribution in [2.75, 3.05) is 4.90 Å². The van der Waals surface area contributed by atoms with Gasteiger partial charge >= 0.3 is 0 Å². The van der Waals surface area contributed by atoms with Crippen LogP contribution in [0.15, 0.2) is 61.2 Å². The van der Waals surface area contributed by atoms with Crippen molar-refractivity contribution in [3.63, 3.8) is 0 Å². The smallest absolute Gasteiger partial charge is 0.128 e. The second-order valence-corrected chi connectivity index (χ2v) is 6.24. The van der Waals surface area contributed by atoms with Gasteiger partial charge in [-0.3, -0.25) is 0 Å². The lowest BCUT2D eigenvalue weighted by Crippen LogP contribution is -2.21. The van der Waals surface area contributed by atoms with Gasteiger partial charge in [0.05, 0.1) is 29.5 Å². The van der Waals surface area contributed by atoms with E-state index >= 15 is 0 Å². The maximum Gasteiger partial charge on any atom is 0.128 e. The highest BCUT2D eigenvalue weighted by molar-refractivity contribution is 5.83. The van der Waals surface area contributed by atoms with Gasteiger partial charge < -0.3 is 9.47 Å². The van der Waals surface area contributed by atoms with Crippen LogP contribution in [0.5, 0.6) is 0 Å². The minimum Gasteiger partial charge on any atom is -0.337 e. The van der Waals surface area contributed by atoms with Gasteiger partial charge in [0.15, 0.2) is 0 Å². The van der Waals surface area contributed by atoms with E-state index in [-0.39, 0.29) is 0 Å². The number of aromatic nitrogens is 4. The molecule has 4 rings (SSSR count). The summed E-state index contributed by atoms with van der Waals surface area (Å²) in [7, 11) is 1.97. The van der Waals surface area contributed by atoms with Crippen LogP contribution < -0.4 is 4.90 Å². The molecule has 0 amide bonds. The van der Waals surface area contributed by atoms with Crippen LogP contribution in [-0.4, -0.2) is 19.2 Å². The third-order valence-corrected chi connectivity index (χ3v) is 4.46. The van der Waals surface area contributed by atoms with Crippen molar-refractivity contribution < 1.29 is 0 Å². The molecule has 0 fully saturated rings. The third-order valence-electron chi connectivity index (χ3n) is 4.46. The molecule has 1 aromatic carbocycles. The molecule has 0 saturated heterocycles. The minimum absolute atomic E-state index is 0.534. The van der Waals surface area contributed by atoms with Crippen molar-refractivity contribution >= 4 is 16.9 Å². The van der Waals surface area contributed by atoms with Crippen LogP contribution in [0.2, 0.25) is 0 Å². The molecule has 0 radical (unpaired) electrons. The second-order valence-electron chi connectivity index (χ2n) is 6.24. The van der Waals surface area contributed by atoms with Gasteiger partial charge in [-0.1, -0.05) is 12.1 Å². The lowest BCUT2D eigenvalue weighted by molar-refractivity contribution is 0.775. The van der Waals surface area contributed by atoms with Gasteiger partial charge in [0.25, 0.3) is 0 Å². The molecule has 3 aromatic heterocycles. The molecular formula is C20H18N6. The maximum absolute atomic E-state index is 9.70. The Kier molecular flexibility index (Phi) is 3.90. The highest BCUT2D eigenvalue weighted by Gasteiger charge is 2.20. The summed E-state index contributed by atoms with van der Waals surface area (Å²) in [6.45, 7) is 2.61. The lowest BCUT2D eigenvalue weighted by Gasteiger charge is -2.26. The number of nitrogens with zero attached hydrogens (tertiary/aromatic N) is 6. The first-order valence-corrected chi connectivity index (χ1v) is 8.34. The van der Waals surface area contributed by atoms with E-state index in [1.807, 2.05) is 42.2 Å². The van der Waals surface area contributed by atoms with Gasteiger partial charge in [0, 0.05) is 31.3 Å². The Morgan fingerprint density at radius 2 is 2.08 bits per heavy atom. The van der Waals surface area contributed by atoms with E-state index in [2.05, 4.69) is 46.2 Å². The molecule has 4 aromatic rings. The number of fused-ring (bicyclic) bond motifs is 1. The Balaban J connectivity index is 1.95. The highest BCUT2D eigenvalue weighted by atomic mass is 15.2. The van der Waals surface area contributed by atoms with Crippen molar-refractivity contribution in [3.8, 4) is 6.07 Å². The summed E-state index contributed by atoms with van der Waals surface area (Å²) >= 11 is 0. The summed E-state index contributed by atoms with van der Waals surface area (Å²) in [6, 6.07) is 14.5. The minimum atomic E-state index is 0.534. The average Bonchev–Trinajstić information content (AvgIpc) is 3.27. The number of hydrogen-bond donors (Lipinski definition) is 0. The number of benzene rings is 1. The molecule has 0 N–H and O–H groups in total. The Hall–Kier alpha value is -3.59. The third kappa shape index (κ3) is 2.70. The Bertz CT molecular complexity index is 1110. The summed E-state index contributed by atoms with van der Waals surface area (Å²) < 4.78 is 3.78. The summed E-state index contributed by atoms with van der Waals surface area (Å²) in [5.41, 5.74) is 4.43. The van der Waals surface area contributed by atoms with Crippen molar-refractivity contribution in [1.29, 1.82) is 5.26 Å². The van der Waals surface area contributed by atoms with Gasteiger partial charge in [-0.25, -0.2) is 9.50 Å². The van der Waals surface area contributed by atoms with Crippen molar-refractivity contribution in [2.24, 2.45) is 7.05 Å². The zero-order valence-electron chi connectivity index (χ0n) is 14.7. The number of hydrogen-bond acceptors (Lipinski definition) is 4. The number of aryl methyl sites for hydroxylation is 2. The van der Waals surface area contributed by atoms with Gasteiger partial charge in [-0.05, 0) is 36.8 Å². The fourth-order valence-corrected chi connectivity index (χ4v) is 3.13. The molecule has 6 nitrogen and oxygen atoms in total. The summed E-state index contributed by atoms with van der Waals surface area (Å²) in [5.74, 6) is 0.914. The fourth-order valence-electron chi connectivity index (χ4n) is 3.13. The summed E-state index contributed by atoms with van der Waals surface area (Å²) in [6.07, 6.45) is 7.21. The Morgan fingerprint density at radius 1 is 1.19 bits per heavy atom. The predicted molar refractivity (Wildman–Crippen MR) is 100 cm³/mol. The van der Waals surface area contributed by atoms with E-state index in [4.69, 9.17) is 0 Å². The standard InChI is InChI=1S/C20H18N6/c1-15-5-3-6-17(11-15)25(14-19-22-8-10-24(19)2)20-16(12-21)13-23-26-9-4-7-18(20)26/h3-11,13H,14H2,1-2H3. The van der Waals surface area contributed by atoms with Gasteiger partial charge in [0.1, 0.15) is 11.9 Å². The van der Waals surface area contributed by atoms with Crippen molar-refractivity contribution in [2.45, 2.75) is 13.5 Å². The molecular weight excluding hydrogens is 324 g/mol. The van der Waals surface area contributed by atoms with Crippen LogP contribution in [0.4, 0.5) is 11.4 Å². The molecule has 3 heterocycles. The van der Waals surface area contributed by atoms with E-state index in [0.29, 0.717) is 12.1 Å². The molecule has 0 aliphatic heterocycles. The molecule has 0 atom stereocenters. The van der Waals surface area contributed by atoms with E-state index in [1.54, 1.807) is 16.9 Å². The van der Waals surface area contributed by atoms with Crippen LogP contribution in [0, 0.1) is 18.3 Å². The molecule has 0 aliphatic rings. The zero-order chi connectivity index (χ0) is 18.1. The summed E-state index contributed by atoms with van der Waals surface area (Å²) in [5, 5.41) is 14.0. The summed E-state index contributed by atoms with van der Waals surface area (Å²) in [4.78, 5) is 6.60. The Morgan fingerprint density at radius 3 is 2.81 bits per heavy atom. The SMILES string of the molecule is Cc1cccc(N(Cc2nccn2C)c2c(C#N)cnn3cccc23)c1. The van der Waals surface area contributed by atoms with Crippen molar-refractivity contribution in [3.05, 3.63) is 78.1 Å². The molecule has 0 saturated carbocycles. The quantitative estimate of drug-likeness (QED) is 0.569. The normalized spacial score (nSPS) is 10.8. The number of anilines is 2. The number of rotatable bonds is 4. The number of imidazole rings is 1. The molecule has 6 heteroatoms. The van der Waals surface area contributed by atoms with Crippen molar-refractivity contribution in [1.82, 2.24) is 19.2 Å². The monoisotopic (exact) mass is 342 g/mol. The maximum atomic E-state index is 9.70. The lowest BCUT2D eigenvalue weighted by atomic mass is 10.1. The van der Waals surface area contributed by atoms with E-state index in [9.17, 15) is 5.26 Å². The molecule has 0 bridgehead atoms. The number of nitriles is 1. The molecule has 26 heavy (non-hydrogen) atoms. The largest absolute Gasteiger partial charge is 0.337 e. The van der Waals surface area contributed by atoms with Gasteiger partial charge in [-0.15, -0.1) is 0 Å². The van der Waals surface area contributed by atoms with E-state index in [1.165, 1.54) is 0 Å². The van der Waals surface area contributed by atoms with E-state index < -0.39 is 0 Å². The van der Waals surface area contributed by atoms with Gasteiger partial charge in [-0.2, -0.15) is 10.4 Å². The Labute approximate surface area is 151 Å². The first-order valence-electron chi connectivity index (χ1n) is 8.34. The molecule has 128 valence electrons. The van der Waals surface area contributed by atoms with Crippen LogP contribution in [-0.2, 0) is 13.6 Å². The molecule has 0 aliphatic carbocycles. The molecule has 0 unspecified atom stereocenters. The first-order chi connectivity index (χ1) is 12.7. The topological polar surface area (TPSA) is 62.2 Å². The van der Waals surface area contributed by atoms with E-state index in [0.717, 1.165) is 28.3 Å². The molecule has 0 spiro atoms. The second kappa shape index (κ2) is 6.37. The first kappa shape index (κ1) is 15.9. The fraction of sp³-hybridized carbons (Fsp3) is 0.150. The predicted octanol–water partition coefficient (Wildman–Crippen LogP) is 3.59. The van der Waals surface area contributed by atoms with Crippen LogP contribution in [0.3, 0.4) is 0 Å². The van der Waals surface area contributed by atoms with Crippen LogP contribution >= 0.6 is 0 Å². The highest BCUT2D eigenvalue weighted by Crippen LogP contribution is 2.34. The van der Waals surface area contributed by atoms with Gasteiger partial charge in [0.2, 0.25) is 0 Å². The van der Waals surface area contributed by atoms with Crippen LogP contribution in [0.1, 0.15) is 17.0 Å². The van der Waals surface area contributed by atoms with Crippen LogP contribution in [0.25, 0.3) is 5.52 Å². The zero-order valence-corrected chi connectivity index (χ0v) is 14.7. The average molecular weight is 342 g/mol.